The largest absolute Gasteiger partial charge is 0.398 e. The first kappa shape index (κ1) is 21.8. The van der Waals surface area contributed by atoms with Gasteiger partial charge >= 0.3 is 0 Å². The number of aromatic nitrogens is 2. The third kappa shape index (κ3) is 4.69. The van der Waals surface area contributed by atoms with Gasteiger partial charge in [0.2, 0.25) is 0 Å². The van der Waals surface area contributed by atoms with Gasteiger partial charge in [0.1, 0.15) is 5.82 Å². The fraction of sp³-hybridized carbons (Fsp3) is 0. The number of hydrogen-bond acceptors (Lipinski definition) is 6. The van der Waals surface area contributed by atoms with Crippen LogP contribution in [0.5, 0.6) is 0 Å². The van der Waals surface area contributed by atoms with E-state index in [1.54, 1.807) is 24.3 Å². The van der Waals surface area contributed by atoms with Crippen LogP contribution >= 0.6 is 0 Å². The van der Waals surface area contributed by atoms with Crippen molar-refractivity contribution in [3.63, 3.8) is 0 Å². The number of fused-ring (bicyclic) bond motifs is 1. The molecular formula is C28H22N6O. The monoisotopic (exact) mass is 458 g/mol. The zero-order valence-corrected chi connectivity index (χ0v) is 18.7. The van der Waals surface area contributed by atoms with E-state index in [1.807, 2.05) is 72.8 Å². The van der Waals surface area contributed by atoms with Crippen molar-refractivity contribution < 1.29 is 4.79 Å². The molecule has 0 aliphatic heterocycles. The smallest absolute Gasteiger partial charge is 0.255 e. The molecule has 7 nitrogen and oxygen atoms in total. The summed E-state index contributed by atoms with van der Waals surface area (Å²) in [6, 6.07) is 29.7. The Bertz CT molecular complexity index is 1550. The Morgan fingerprint density at radius 1 is 0.829 bits per heavy atom. The summed E-state index contributed by atoms with van der Waals surface area (Å²) in [6.45, 7) is 0. The average Bonchev–Trinajstić information content (AvgIpc) is 2.90. The lowest BCUT2D eigenvalue weighted by molar-refractivity contribution is 0.102. The number of carbonyl (C=O) groups is 1. The maximum Gasteiger partial charge on any atom is 0.255 e. The Morgan fingerprint density at radius 2 is 1.63 bits per heavy atom. The van der Waals surface area contributed by atoms with Crippen molar-refractivity contribution in [2.24, 2.45) is 0 Å². The normalized spacial score (nSPS) is 10.6. The van der Waals surface area contributed by atoms with Crippen molar-refractivity contribution >= 4 is 45.9 Å². The average molecular weight is 459 g/mol. The number of amides is 1. The Hall–Kier alpha value is -5.04. The number of benzene rings is 4. The highest BCUT2D eigenvalue weighted by Crippen LogP contribution is 2.29. The molecule has 35 heavy (non-hydrogen) atoms. The molecule has 0 atom stereocenters. The molecular weight excluding hydrogens is 436 g/mol. The van der Waals surface area contributed by atoms with Crippen LogP contribution in [-0.4, -0.2) is 22.1 Å². The molecule has 170 valence electrons. The van der Waals surface area contributed by atoms with Gasteiger partial charge in [0, 0.05) is 45.4 Å². The van der Waals surface area contributed by atoms with Crippen LogP contribution in [-0.2, 0) is 0 Å². The first-order chi connectivity index (χ1) is 17.1. The predicted molar refractivity (Wildman–Crippen MR) is 141 cm³/mol. The highest BCUT2D eigenvalue weighted by atomic mass is 16.1. The fourth-order valence-electron chi connectivity index (χ4n) is 3.74. The number of anilines is 4. The van der Waals surface area contributed by atoms with Crippen molar-refractivity contribution in [3.8, 4) is 11.4 Å². The predicted octanol–water partition coefficient (Wildman–Crippen LogP) is 5.87. The summed E-state index contributed by atoms with van der Waals surface area (Å²) < 4.78 is 0. The van der Waals surface area contributed by atoms with Gasteiger partial charge in [-0.05, 0) is 54.6 Å². The Labute approximate surface area is 202 Å². The standard InChI is InChI=1S/C28H22N6O/c29-17-20-16-22(13-14-24(20)30)31-27-23-11-4-5-12-25(23)33-26(34-27)19-9-6-10-21(15-19)32-28(35)18-7-2-1-3-8-18/h1-17,29H,30H2,(H,32,35)(H,31,33,34). The van der Waals surface area contributed by atoms with E-state index in [0.29, 0.717) is 34.1 Å². The van der Waals surface area contributed by atoms with Crippen molar-refractivity contribution in [1.29, 1.82) is 5.41 Å². The molecule has 5 rings (SSSR count). The molecule has 5 N–H and O–H groups in total. The molecule has 7 heteroatoms. The zero-order valence-electron chi connectivity index (χ0n) is 18.7. The van der Waals surface area contributed by atoms with Crippen molar-refractivity contribution in [1.82, 2.24) is 9.97 Å². The lowest BCUT2D eigenvalue weighted by atomic mass is 10.1. The lowest BCUT2D eigenvalue weighted by Gasteiger charge is -2.13. The molecule has 0 aliphatic rings. The molecule has 0 unspecified atom stereocenters. The second-order valence-electron chi connectivity index (χ2n) is 7.93. The number of carbonyl (C=O) groups excluding carboxylic acids is 1. The minimum atomic E-state index is -0.185. The summed E-state index contributed by atoms with van der Waals surface area (Å²) in [6.07, 6.45) is 1.22. The van der Waals surface area contributed by atoms with Crippen LogP contribution in [0.3, 0.4) is 0 Å². The van der Waals surface area contributed by atoms with Gasteiger partial charge < -0.3 is 21.8 Å². The van der Waals surface area contributed by atoms with Crippen LogP contribution in [0.15, 0.2) is 97.1 Å². The molecule has 0 spiro atoms. The number of nitrogen functional groups attached to an aromatic ring is 1. The number of nitrogens with one attached hydrogen (secondary N) is 3. The zero-order chi connectivity index (χ0) is 24.2. The van der Waals surface area contributed by atoms with E-state index in [0.717, 1.165) is 22.2 Å². The first-order valence-electron chi connectivity index (χ1n) is 11.0. The SMILES string of the molecule is N=Cc1cc(Nc2nc(-c3cccc(NC(=O)c4ccccc4)c3)nc3ccccc23)ccc1N. The summed E-state index contributed by atoms with van der Waals surface area (Å²) in [5, 5.41) is 14.7. The van der Waals surface area contributed by atoms with Gasteiger partial charge in [-0.3, -0.25) is 4.79 Å². The quantitative estimate of drug-likeness (QED) is 0.187. The maximum absolute atomic E-state index is 12.6. The number of rotatable bonds is 6. The van der Waals surface area contributed by atoms with Gasteiger partial charge in [-0.2, -0.15) is 0 Å². The Morgan fingerprint density at radius 3 is 2.46 bits per heavy atom. The number of nitrogens with zero attached hydrogens (tertiary/aromatic N) is 2. The summed E-state index contributed by atoms with van der Waals surface area (Å²) in [4.78, 5) is 22.1. The lowest BCUT2D eigenvalue weighted by Crippen LogP contribution is -2.11. The van der Waals surface area contributed by atoms with E-state index in [1.165, 1.54) is 6.21 Å². The Balaban J connectivity index is 1.51. The summed E-state index contributed by atoms with van der Waals surface area (Å²) in [5.74, 6) is 0.963. The van der Waals surface area contributed by atoms with Gasteiger partial charge in [-0.25, -0.2) is 9.97 Å². The van der Waals surface area contributed by atoms with Gasteiger partial charge in [0.15, 0.2) is 5.82 Å². The molecule has 1 heterocycles. The first-order valence-corrected chi connectivity index (χ1v) is 11.0. The van der Waals surface area contributed by atoms with E-state index < -0.39 is 0 Å². The summed E-state index contributed by atoms with van der Waals surface area (Å²) in [7, 11) is 0. The van der Waals surface area contributed by atoms with Crippen molar-refractivity contribution in [2.45, 2.75) is 0 Å². The fourth-order valence-corrected chi connectivity index (χ4v) is 3.74. The van der Waals surface area contributed by atoms with Crippen LogP contribution in [0, 0.1) is 5.41 Å². The van der Waals surface area contributed by atoms with Crippen molar-refractivity contribution in [3.05, 3.63) is 108 Å². The molecule has 0 saturated carbocycles. The topological polar surface area (TPSA) is 117 Å². The Kier molecular flexibility index (Phi) is 5.88. The van der Waals surface area contributed by atoms with Crippen molar-refractivity contribution in [2.75, 3.05) is 16.4 Å². The minimum absolute atomic E-state index is 0.185. The molecule has 1 amide bonds. The van der Waals surface area contributed by atoms with Crippen LogP contribution < -0.4 is 16.4 Å². The van der Waals surface area contributed by atoms with Crippen LogP contribution in [0.25, 0.3) is 22.3 Å². The molecule has 0 bridgehead atoms. The number of nitrogens with two attached hydrogens (primary N) is 1. The molecule has 5 aromatic rings. The maximum atomic E-state index is 12.6. The van der Waals surface area contributed by atoms with Gasteiger partial charge in [0.25, 0.3) is 5.91 Å². The van der Waals surface area contributed by atoms with Gasteiger partial charge in [-0.1, -0.05) is 42.5 Å². The van der Waals surface area contributed by atoms with E-state index in [9.17, 15) is 4.79 Å². The van der Waals surface area contributed by atoms with Crippen LogP contribution in [0.2, 0.25) is 0 Å². The van der Waals surface area contributed by atoms with E-state index in [2.05, 4.69) is 10.6 Å². The summed E-state index contributed by atoms with van der Waals surface area (Å²) >= 11 is 0. The molecule has 0 radical (unpaired) electrons. The van der Waals surface area contributed by atoms with Crippen LogP contribution in [0.1, 0.15) is 15.9 Å². The third-order valence-electron chi connectivity index (χ3n) is 5.52. The number of hydrogen-bond donors (Lipinski definition) is 4. The van der Waals surface area contributed by atoms with E-state index in [-0.39, 0.29) is 5.91 Å². The second-order valence-corrected chi connectivity index (χ2v) is 7.93. The summed E-state index contributed by atoms with van der Waals surface area (Å²) in [5.41, 5.74) is 10.6. The van der Waals surface area contributed by atoms with Crippen LogP contribution in [0.4, 0.5) is 22.9 Å². The van der Waals surface area contributed by atoms with Gasteiger partial charge in [0.05, 0.1) is 5.52 Å². The molecule has 0 aliphatic carbocycles. The van der Waals surface area contributed by atoms with E-state index in [4.69, 9.17) is 21.1 Å². The molecule has 0 fully saturated rings. The highest BCUT2D eigenvalue weighted by molar-refractivity contribution is 6.04. The third-order valence-corrected chi connectivity index (χ3v) is 5.52. The molecule has 1 aromatic heterocycles. The molecule has 4 aromatic carbocycles. The van der Waals surface area contributed by atoms with Gasteiger partial charge in [-0.15, -0.1) is 0 Å². The number of para-hydroxylation sites is 1. The van der Waals surface area contributed by atoms with E-state index >= 15 is 0 Å². The minimum Gasteiger partial charge on any atom is -0.398 e. The second kappa shape index (κ2) is 9.44. The highest BCUT2D eigenvalue weighted by Gasteiger charge is 2.12. The molecule has 0 saturated heterocycles.